The first-order valence-electron chi connectivity index (χ1n) is 9.39. The van der Waals surface area contributed by atoms with E-state index < -0.39 is 5.54 Å². The average Bonchev–Trinajstić information content (AvgIpc) is 3.14. The highest BCUT2D eigenvalue weighted by atomic mass is 16.5. The molecule has 1 aliphatic carbocycles. The summed E-state index contributed by atoms with van der Waals surface area (Å²) in [5.74, 6) is 1.61. The number of nitrogens with zero attached hydrogens (tertiary/aromatic N) is 2. The SMILES string of the molecule is Cc1nc(C2(NC(=O)COc3cccc4ccccc34)CCCCC2)no1. The number of nitrogens with one attached hydrogen (secondary N) is 1. The Kier molecular flexibility index (Phi) is 4.79. The minimum atomic E-state index is -0.560. The first-order chi connectivity index (χ1) is 13.2. The molecule has 1 amide bonds. The van der Waals surface area contributed by atoms with Gasteiger partial charge in [-0.05, 0) is 24.3 Å². The number of hydrogen-bond donors (Lipinski definition) is 1. The molecule has 0 unspecified atom stereocenters. The number of aryl methyl sites for hydroxylation is 1. The summed E-state index contributed by atoms with van der Waals surface area (Å²) in [6, 6.07) is 13.8. The number of ether oxygens (including phenoxy) is 1. The summed E-state index contributed by atoms with van der Waals surface area (Å²) in [5, 5.41) is 9.29. The average molecular weight is 365 g/mol. The quantitative estimate of drug-likeness (QED) is 0.742. The molecule has 2 aromatic carbocycles. The number of carbonyl (C=O) groups is 1. The fourth-order valence-corrected chi connectivity index (χ4v) is 3.82. The molecule has 0 aliphatic heterocycles. The Morgan fingerprint density at radius 3 is 2.70 bits per heavy atom. The Morgan fingerprint density at radius 2 is 1.93 bits per heavy atom. The minimum Gasteiger partial charge on any atom is -0.483 e. The fraction of sp³-hybridized carbons (Fsp3) is 0.381. The van der Waals surface area contributed by atoms with E-state index in [1.165, 1.54) is 0 Å². The molecule has 6 nitrogen and oxygen atoms in total. The Bertz CT molecular complexity index is 939. The molecule has 1 aromatic heterocycles. The van der Waals surface area contributed by atoms with Crippen LogP contribution in [0.3, 0.4) is 0 Å². The number of fused-ring (bicyclic) bond motifs is 1. The molecule has 27 heavy (non-hydrogen) atoms. The third-order valence-corrected chi connectivity index (χ3v) is 5.15. The third kappa shape index (κ3) is 3.65. The molecule has 0 spiro atoms. The Hall–Kier alpha value is -2.89. The van der Waals surface area contributed by atoms with Crippen LogP contribution in [0, 0.1) is 6.92 Å². The van der Waals surface area contributed by atoms with Gasteiger partial charge in [-0.3, -0.25) is 4.79 Å². The molecule has 6 heteroatoms. The normalized spacial score (nSPS) is 16.2. The first kappa shape index (κ1) is 17.5. The lowest BCUT2D eigenvalue weighted by atomic mass is 9.81. The molecule has 1 aliphatic rings. The minimum absolute atomic E-state index is 0.0490. The van der Waals surface area contributed by atoms with Gasteiger partial charge in [0.15, 0.2) is 12.4 Å². The Morgan fingerprint density at radius 1 is 1.15 bits per heavy atom. The summed E-state index contributed by atoms with van der Waals surface area (Å²) in [7, 11) is 0. The van der Waals surface area contributed by atoms with Crippen molar-refractivity contribution in [3.05, 3.63) is 54.2 Å². The van der Waals surface area contributed by atoms with Gasteiger partial charge in [-0.2, -0.15) is 4.98 Å². The molecule has 4 rings (SSSR count). The summed E-state index contributed by atoms with van der Waals surface area (Å²) in [4.78, 5) is 17.1. The van der Waals surface area contributed by atoms with E-state index in [4.69, 9.17) is 9.26 Å². The van der Waals surface area contributed by atoms with Crippen molar-refractivity contribution >= 4 is 16.7 Å². The van der Waals surface area contributed by atoms with E-state index in [-0.39, 0.29) is 12.5 Å². The lowest BCUT2D eigenvalue weighted by Crippen LogP contribution is -2.49. The largest absolute Gasteiger partial charge is 0.483 e. The van der Waals surface area contributed by atoms with Crippen LogP contribution in [0.2, 0.25) is 0 Å². The van der Waals surface area contributed by atoms with E-state index in [1.54, 1.807) is 6.92 Å². The van der Waals surface area contributed by atoms with Crippen LogP contribution in [0.25, 0.3) is 10.8 Å². The van der Waals surface area contributed by atoms with Crippen molar-refractivity contribution in [3.8, 4) is 5.75 Å². The van der Waals surface area contributed by atoms with Crippen LogP contribution in [0.4, 0.5) is 0 Å². The van der Waals surface area contributed by atoms with E-state index >= 15 is 0 Å². The highest BCUT2D eigenvalue weighted by Crippen LogP contribution is 2.35. The molecule has 1 fully saturated rings. The van der Waals surface area contributed by atoms with E-state index in [1.807, 2.05) is 42.5 Å². The molecule has 1 saturated carbocycles. The van der Waals surface area contributed by atoms with Crippen molar-refractivity contribution in [3.63, 3.8) is 0 Å². The van der Waals surface area contributed by atoms with Crippen molar-refractivity contribution in [1.29, 1.82) is 0 Å². The number of aromatic nitrogens is 2. The summed E-state index contributed by atoms with van der Waals surface area (Å²) in [5.41, 5.74) is -0.560. The zero-order valence-corrected chi connectivity index (χ0v) is 15.4. The molecule has 140 valence electrons. The Balaban J connectivity index is 1.48. The van der Waals surface area contributed by atoms with Crippen LogP contribution in [0.5, 0.6) is 5.75 Å². The van der Waals surface area contributed by atoms with Gasteiger partial charge in [0.25, 0.3) is 5.91 Å². The van der Waals surface area contributed by atoms with Crippen LogP contribution >= 0.6 is 0 Å². The number of rotatable bonds is 5. The summed E-state index contributed by atoms with van der Waals surface area (Å²) in [6.07, 6.45) is 4.83. The molecule has 0 bridgehead atoms. The van der Waals surface area contributed by atoms with Crippen LogP contribution in [0.15, 0.2) is 47.0 Å². The van der Waals surface area contributed by atoms with E-state index in [0.717, 1.165) is 42.9 Å². The number of benzene rings is 2. The maximum absolute atomic E-state index is 12.7. The zero-order chi connectivity index (χ0) is 18.7. The maximum Gasteiger partial charge on any atom is 0.258 e. The molecule has 0 saturated heterocycles. The molecular weight excluding hydrogens is 342 g/mol. The van der Waals surface area contributed by atoms with E-state index in [0.29, 0.717) is 17.5 Å². The predicted octanol–water partition coefficient (Wildman–Crippen LogP) is 3.89. The number of carbonyl (C=O) groups excluding carboxylic acids is 1. The van der Waals surface area contributed by atoms with Crippen molar-refractivity contribution < 1.29 is 14.1 Å². The van der Waals surface area contributed by atoms with Crippen LogP contribution in [-0.2, 0) is 10.3 Å². The van der Waals surface area contributed by atoms with Gasteiger partial charge in [-0.25, -0.2) is 0 Å². The summed E-state index contributed by atoms with van der Waals surface area (Å²) < 4.78 is 11.0. The number of hydrogen-bond acceptors (Lipinski definition) is 5. The first-order valence-corrected chi connectivity index (χ1v) is 9.39. The van der Waals surface area contributed by atoms with E-state index in [9.17, 15) is 4.79 Å². The highest BCUT2D eigenvalue weighted by Gasteiger charge is 2.39. The lowest BCUT2D eigenvalue weighted by molar-refractivity contribution is -0.125. The van der Waals surface area contributed by atoms with Gasteiger partial charge in [0, 0.05) is 12.3 Å². The van der Waals surface area contributed by atoms with Crippen molar-refractivity contribution in [2.24, 2.45) is 0 Å². The summed E-state index contributed by atoms with van der Waals surface area (Å²) in [6.45, 7) is 1.71. The van der Waals surface area contributed by atoms with Gasteiger partial charge in [0.2, 0.25) is 5.89 Å². The topological polar surface area (TPSA) is 77.2 Å². The monoisotopic (exact) mass is 365 g/mol. The van der Waals surface area contributed by atoms with Gasteiger partial charge in [-0.15, -0.1) is 0 Å². The molecule has 0 radical (unpaired) electrons. The van der Waals surface area contributed by atoms with Crippen LogP contribution < -0.4 is 10.1 Å². The molecular formula is C21H23N3O3. The molecule has 0 atom stereocenters. The van der Waals surface area contributed by atoms with Gasteiger partial charge < -0.3 is 14.6 Å². The summed E-state index contributed by atoms with van der Waals surface area (Å²) >= 11 is 0. The second-order valence-corrected chi connectivity index (χ2v) is 7.09. The van der Waals surface area contributed by atoms with Gasteiger partial charge in [-0.1, -0.05) is 60.8 Å². The Labute approximate surface area is 157 Å². The number of amides is 1. The maximum atomic E-state index is 12.7. The second-order valence-electron chi connectivity index (χ2n) is 7.09. The van der Waals surface area contributed by atoms with Crippen molar-refractivity contribution in [2.45, 2.75) is 44.6 Å². The standard InChI is InChI=1S/C21H23N3O3/c1-15-22-20(24-27-15)21(12-5-2-6-13-21)23-19(25)14-26-18-11-7-9-16-8-3-4-10-17(16)18/h3-4,7-11H,2,5-6,12-14H2,1H3,(H,23,25). The molecule has 1 N–H and O–H groups in total. The van der Waals surface area contributed by atoms with Crippen LogP contribution in [-0.4, -0.2) is 22.7 Å². The van der Waals surface area contributed by atoms with Crippen molar-refractivity contribution in [1.82, 2.24) is 15.5 Å². The van der Waals surface area contributed by atoms with Crippen molar-refractivity contribution in [2.75, 3.05) is 6.61 Å². The van der Waals surface area contributed by atoms with Gasteiger partial charge in [0.1, 0.15) is 11.3 Å². The zero-order valence-electron chi connectivity index (χ0n) is 15.4. The van der Waals surface area contributed by atoms with Crippen LogP contribution in [0.1, 0.15) is 43.8 Å². The lowest BCUT2D eigenvalue weighted by Gasteiger charge is -2.35. The molecule has 3 aromatic rings. The second kappa shape index (κ2) is 7.39. The van der Waals surface area contributed by atoms with Gasteiger partial charge in [0.05, 0.1) is 0 Å². The predicted molar refractivity (Wildman–Crippen MR) is 101 cm³/mol. The van der Waals surface area contributed by atoms with E-state index in [2.05, 4.69) is 15.5 Å². The smallest absolute Gasteiger partial charge is 0.258 e. The third-order valence-electron chi connectivity index (χ3n) is 5.15. The molecule has 1 heterocycles. The fourth-order valence-electron chi connectivity index (χ4n) is 3.82. The van der Waals surface area contributed by atoms with Gasteiger partial charge >= 0.3 is 0 Å². The highest BCUT2D eigenvalue weighted by molar-refractivity contribution is 5.88.